The largest absolute Gasteiger partial charge is 0.480 e. The van der Waals surface area contributed by atoms with Crippen LogP contribution in [-0.2, 0) is 0 Å². The fourth-order valence-corrected chi connectivity index (χ4v) is 5.22. The molecule has 2 aromatic carbocycles. The van der Waals surface area contributed by atoms with Crippen molar-refractivity contribution in [2.24, 2.45) is 4.99 Å². The molecule has 1 aliphatic heterocycles. The molecule has 37 heavy (non-hydrogen) atoms. The van der Waals surface area contributed by atoms with E-state index < -0.39 is 0 Å². The number of methoxy groups -OCH3 is 1. The van der Waals surface area contributed by atoms with E-state index in [2.05, 4.69) is 76.4 Å². The second kappa shape index (κ2) is 10.1. The number of hydrogen-bond donors (Lipinski definition) is 1. The van der Waals surface area contributed by atoms with Crippen molar-refractivity contribution in [2.45, 2.75) is 45.1 Å². The van der Waals surface area contributed by atoms with Crippen LogP contribution in [0.4, 0.5) is 11.4 Å². The van der Waals surface area contributed by atoms with Crippen LogP contribution in [0.25, 0.3) is 28.1 Å². The predicted octanol–water partition coefficient (Wildman–Crippen LogP) is 6.82. The summed E-state index contributed by atoms with van der Waals surface area (Å²) in [7, 11) is 1.64. The van der Waals surface area contributed by atoms with Crippen LogP contribution < -0.4 is 15.4 Å². The number of anilines is 2. The molecule has 6 heteroatoms. The van der Waals surface area contributed by atoms with Gasteiger partial charge in [0, 0.05) is 11.9 Å². The van der Waals surface area contributed by atoms with Crippen molar-refractivity contribution >= 4 is 22.4 Å². The Morgan fingerprint density at radius 1 is 0.919 bits per heavy atom. The number of nitrogens with zero attached hydrogens (tertiary/aromatic N) is 4. The Kier molecular flexibility index (Phi) is 6.31. The van der Waals surface area contributed by atoms with Crippen LogP contribution in [0.3, 0.4) is 0 Å². The van der Waals surface area contributed by atoms with E-state index in [0.29, 0.717) is 11.9 Å². The molecule has 3 aromatic rings. The Balaban J connectivity index is 1.62. The summed E-state index contributed by atoms with van der Waals surface area (Å²) in [6.45, 7) is 2.11. The van der Waals surface area contributed by atoms with Crippen LogP contribution >= 0.6 is 0 Å². The van der Waals surface area contributed by atoms with Gasteiger partial charge >= 0.3 is 0 Å². The van der Waals surface area contributed by atoms with Gasteiger partial charge in [-0.3, -0.25) is 4.99 Å². The average molecular weight is 490 g/mol. The maximum Gasteiger partial charge on any atom is 0.237 e. The van der Waals surface area contributed by atoms with Gasteiger partial charge < -0.3 is 14.6 Å². The minimum Gasteiger partial charge on any atom is -0.480 e. The SMILES string of the molecule is COc1ncccc1Nc1cc2nc3ccccc3n(-c3ccc(C)cc3)c-2cc1=NC1CCCCC1. The zero-order valence-corrected chi connectivity index (χ0v) is 21.3. The van der Waals surface area contributed by atoms with Crippen molar-refractivity contribution < 1.29 is 4.74 Å². The van der Waals surface area contributed by atoms with E-state index >= 15 is 0 Å². The lowest BCUT2D eigenvalue weighted by Crippen LogP contribution is -2.19. The molecule has 6 nitrogen and oxygen atoms in total. The third-order valence-electron chi connectivity index (χ3n) is 7.12. The molecule has 1 N–H and O–H groups in total. The summed E-state index contributed by atoms with van der Waals surface area (Å²) < 4.78 is 7.81. The molecular formula is C31H31N5O. The predicted molar refractivity (Wildman–Crippen MR) is 149 cm³/mol. The molecule has 0 bridgehead atoms. The lowest BCUT2D eigenvalue weighted by atomic mass is 9.96. The van der Waals surface area contributed by atoms with Crippen molar-refractivity contribution in [1.82, 2.24) is 14.5 Å². The molecule has 1 saturated carbocycles. The molecule has 0 saturated heterocycles. The number of hydrogen-bond acceptors (Lipinski definition) is 5. The Morgan fingerprint density at radius 2 is 1.73 bits per heavy atom. The Labute approximate surface area is 217 Å². The van der Waals surface area contributed by atoms with E-state index in [1.807, 2.05) is 18.2 Å². The molecule has 3 aliphatic rings. The van der Waals surface area contributed by atoms with Gasteiger partial charge in [-0.1, -0.05) is 49.1 Å². The Hall–Kier alpha value is -4.19. The van der Waals surface area contributed by atoms with Crippen LogP contribution in [-0.4, -0.2) is 27.7 Å². The normalized spacial score (nSPS) is 14.8. The van der Waals surface area contributed by atoms with E-state index in [1.165, 1.54) is 24.8 Å². The van der Waals surface area contributed by atoms with Gasteiger partial charge in [0.1, 0.15) is 5.69 Å². The summed E-state index contributed by atoms with van der Waals surface area (Å²) in [5.41, 5.74) is 7.98. The molecule has 6 rings (SSSR count). The number of pyridine rings is 1. The number of fused-ring (bicyclic) bond motifs is 2. The summed E-state index contributed by atoms with van der Waals surface area (Å²) in [4.78, 5) is 14.7. The van der Waals surface area contributed by atoms with Crippen molar-refractivity contribution in [3.8, 4) is 23.0 Å². The fourth-order valence-electron chi connectivity index (χ4n) is 5.22. The summed E-state index contributed by atoms with van der Waals surface area (Å²) in [5.74, 6) is 0.549. The third kappa shape index (κ3) is 4.67. The molecule has 1 aromatic heterocycles. The first kappa shape index (κ1) is 23.2. The van der Waals surface area contributed by atoms with Gasteiger partial charge in [-0.05, 0) is 68.3 Å². The number of rotatable bonds is 5. The third-order valence-corrected chi connectivity index (χ3v) is 7.12. The van der Waals surface area contributed by atoms with Gasteiger partial charge in [0.25, 0.3) is 0 Å². The minimum atomic E-state index is 0.323. The molecule has 0 radical (unpaired) electrons. The number of benzene rings is 3. The smallest absolute Gasteiger partial charge is 0.237 e. The molecule has 0 amide bonds. The van der Waals surface area contributed by atoms with Gasteiger partial charge in [-0.25, -0.2) is 9.97 Å². The van der Waals surface area contributed by atoms with E-state index in [-0.39, 0.29) is 0 Å². The van der Waals surface area contributed by atoms with Crippen molar-refractivity contribution in [2.75, 3.05) is 12.4 Å². The summed E-state index contributed by atoms with van der Waals surface area (Å²) in [6, 6.07) is 25.5. The fraction of sp³-hybridized carbons (Fsp3) is 0.258. The number of nitrogens with one attached hydrogen (secondary N) is 1. The lowest BCUT2D eigenvalue weighted by molar-refractivity contribution is 0.400. The summed E-state index contributed by atoms with van der Waals surface area (Å²) in [6.07, 6.45) is 7.75. The molecule has 2 aliphatic carbocycles. The van der Waals surface area contributed by atoms with Crippen molar-refractivity contribution in [3.63, 3.8) is 0 Å². The highest BCUT2D eigenvalue weighted by molar-refractivity contribution is 5.84. The molecule has 186 valence electrons. The maximum absolute atomic E-state index is 5.52. The highest BCUT2D eigenvalue weighted by atomic mass is 16.5. The molecule has 0 spiro atoms. The second-order valence-electron chi connectivity index (χ2n) is 9.74. The van der Waals surface area contributed by atoms with E-state index in [0.717, 1.165) is 57.7 Å². The monoisotopic (exact) mass is 489 g/mol. The molecule has 2 heterocycles. The van der Waals surface area contributed by atoms with Crippen LogP contribution in [0.2, 0.25) is 0 Å². The second-order valence-corrected chi connectivity index (χ2v) is 9.74. The van der Waals surface area contributed by atoms with Gasteiger partial charge in [0.15, 0.2) is 0 Å². The Bertz CT molecular complexity index is 1580. The van der Waals surface area contributed by atoms with Crippen LogP contribution in [0.5, 0.6) is 5.88 Å². The van der Waals surface area contributed by atoms with Gasteiger partial charge in [-0.2, -0.15) is 0 Å². The molecule has 0 atom stereocenters. The first-order valence-electron chi connectivity index (χ1n) is 13.0. The quantitative estimate of drug-likeness (QED) is 0.275. The topological polar surface area (TPSA) is 64.3 Å². The molecular weight excluding hydrogens is 458 g/mol. The lowest BCUT2D eigenvalue weighted by Gasteiger charge is -2.22. The minimum absolute atomic E-state index is 0.323. The summed E-state index contributed by atoms with van der Waals surface area (Å²) in [5, 5.41) is 4.49. The number of para-hydroxylation sites is 2. The zero-order valence-electron chi connectivity index (χ0n) is 21.3. The van der Waals surface area contributed by atoms with Crippen molar-refractivity contribution in [1.29, 1.82) is 0 Å². The summed E-state index contributed by atoms with van der Waals surface area (Å²) >= 11 is 0. The van der Waals surface area contributed by atoms with Crippen LogP contribution in [0.15, 0.2) is 84.0 Å². The Morgan fingerprint density at radius 3 is 2.54 bits per heavy atom. The van der Waals surface area contributed by atoms with E-state index in [4.69, 9.17) is 14.7 Å². The number of ether oxygens (including phenoxy) is 1. The van der Waals surface area contributed by atoms with E-state index in [9.17, 15) is 0 Å². The maximum atomic E-state index is 5.52. The standard InChI is InChI=1S/C31H31N5O/c1-21-14-16-23(17-15-21)36-29-13-7-6-11-24(29)34-28-19-26(35-25-12-8-18-32-31(25)37-2)27(20-30(28)36)33-22-9-4-3-5-10-22/h6-8,11-20,22,35H,3-5,9-10H2,1-2H3. The molecule has 1 fully saturated rings. The van der Waals surface area contributed by atoms with Crippen LogP contribution in [0.1, 0.15) is 37.7 Å². The molecule has 0 unspecified atom stereocenters. The van der Waals surface area contributed by atoms with Crippen LogP contribution in [0, 0.1) is 6.92 Å². The van der Waals surface area contributed by atoms with Gasteiger partial charge in [0.2, 0.25) is 5.88 Å². The highest BCUT2D eigenvalue weighted by Crippen LogP contribution is 2.32. The highest BCUT2D eigenvalue weighted by Gasteiger charge is 2.19. The number of aromatic nitrogens is 3. The average Bonchev–Trinajstić information content (AvgIpc) is 2.94. The van der Waals surface area contributed by atoms with Gasteiger partial charge in [-0.15, -0.1) is 0 Å². The van der Waals surface area contributed by atoms with Gasteiger partial charge in [0.05, 0.1) is 46.6 Å². The first-order valence-corrected chi connectivity index (χ1v) is 13.0. The van der Waals surface area contributed by atoms with Crippen molar-refractivity contribution in [3.05, 3.63) is 89.9 Å². The first-order chi connectivity index (χ1) is 18.2. The van der Waals surface area contributed by atoms with E-state index in [1.54, 1.807) is 13.3 Å². The number of aryl methyl sites for hydroxylation is 1. The zero-order chi connectivity index (χ0) is 25.2.